The minimum atomic E-state index is 0.465. The zero-order chi connectivity index (χ0) is 21.8. The second-order valence-electron chi connectivity index (χ2n) is 7.83. The number of anilines is 4. The minimum absolute atomic E-state index is 0.465. The van der Waals surface area contributed by atoms with Gasteiger partial charge in [0.25, 0.3) is 0 Å². The molecule has 3 N–H and O–H groups in total. The first-order valence-corrected chi connectivity index (χ1v) is 10.8. The molecule has 0 amide bonds. The van der Waals surface area contributed by atoms with Crippen molar-refractivity contribution in [3.05, 3.63) is 85.1 Å². The predicted molar refractivity (Wildman–Crippen MR) is 130 cm³/mol. The lowest BCUT2D eigenvalue weighted by Gasteiger charge is -2.17. The van der Waals surface area contributed by atoms with Gasteiger partial charge in [0.05, 0.1) is 5.69 Å². The van der Waals surface area contributed by atoms with Gasteiger partial charge in [-0.25, -0.2) is 9.97 Å². The SMILES string of the molecule is Nc1cc(Nc2cccc(Oc3ccnc(N4CCCC4)c3)c2)cc(-c2ccccc2)n1. The topological polar surface area (TPSA) is 76.3 Å². The van der Waals surface area contributed by atoms with Crippen molar-refractivity contribution in [3.63, 3.8) is 0 Å². The molecule has 0 radical (unpaired) electrons. The van der Waals surface area contributed by atoms with Gasteiger partial charge in [0.15, 0.2) is 0 Å². The summed E-state index contributed by atoms with van der Waals surface area (Å²) in [4.78, 5) is 11.3. The summed E-state index contributed by atoms with van der Waals surface area (Å²) in [5.41, 5.74) is 9.68. The molecule has 2 aromatic carbocycles. The van der Waals surface area contributed by atoms with E-state index >= 15 is 0 Å². The molecular weight excluding hydrogens is 398 g/mol. The molecule has 0 atom stereocenters. The number of nitrogens with one attached hydrogen (secondary N) is 1. The van der Waals surface area contributed by atoms with Crippen molar-refractivity contribution >= 4 is 23.0 Å². The van der Waals surface area contributed by atoms with Gasteiger partial charge in [0.1, 0.15) is 23.1 Å². The molecule has 2 aromatic heterocycles. The average molecular weight is 424 g/mol. The highest BCUT2D eigenvalue weighted by Gasteiger charge is 2.14. The van der Waals surface area contributed by atoms with Gasteiger partial charge in [-0.15, -0.1) is 0 Å². The van der Waals surface area contributed by atoms with Crippen LogP contribution in [-0.4, -0.2) is 23.1 Å². The molecule has 32 heavy (non-hydrogen) atoms. The lowest BCUT2D eigenvalue weighted by Crippen LogP contribution is -2.18. The van der Waals surface area contributed by atoms with E-state index in [1.54, 1.807) is 6.20 Å². The van der Waals surface area contributed by atoms with Crippen LogP contribution in [0.5, 0.6) is 11.5 Å². The van der Waals surface area contributed by atoms with E-state index in [1.807, 2.05) is 78.9 Å². The van der Waals surface area contributed by atoms with Gasteiger partial charge in [0, 0.05) is 54.4 Å². The maximum atomic E-state index is 6.13. The number of hydrogen-bond donors (Lipinski definition) is 2. The molecule has 0 aliphatic carbocycles. The molecule has 1 saturated heterocycles. The third-order valence-electron chi connectivity index (χ3n) is 5.42. The van der Waals surface area contributed by atoms with Crippen LogP contribution in [0.15, 0.2) is 85.1 Å². The van der Waals surface area contributed by atoms with Gasteiger partial charge in [-0.3, -0.25) is 0 Å². The highest BCUT2D eigenvalue weighted by Crippen LogP contribution is 2.30. The Balaban J connectivity index is 1.34. The summed E-state index contributed by atoms with van der Waals surface area (Å²) in [5, 5.41) is 3.42. The van der Waals surface area contributed by atoms with Crippen molar-refractivity contribution in [1.82, 2.24) is 9.97 Å². The van der Waals surface area contributed by atoms with Crippen LogP contribution in [0, 0.1) is 0 Å². The van der Waals surface area contributed by atoms with Crippen LogP contribution in [0.3, 0.4) is 0 Å². The Labute approximate surface area is 187 Å². The molecule has 1 aliphatic heterocycles. The van der Waals surface area contributed by atoms with E-state index in [-0.39, 0.29) is 0 Å². The zero-order valence-electron chi connectivity index (χ0n) is 17.7. The van der Waals surface area contributed by atoms with Crippen LogP contribution in [0.1, 0.15) is 12.8 Å². The van der Waals surface area contributed by atoms with Gasteiger partial charge >= 0.3 is 0 Å². The molecule has 1 aliphatic rings. The highest BCUT2D eigenvalue weighted by molar-refractivity contribution is 5.71. The van der Waals surface area contributed by atoms with E-state index in [9.17, 15) is 0 Å². The van der Waals surface area contributed by atoms with E-state index in [4.69, 9.17) is 10.5 Å². The van der Waals surface area contributed by atoms with Crippen LogP contribution in [0.4, 0.5) is 23.0 Å². The lowest BCUT2D eigenvalue weighted by atomic mass is 10.1. The number of hydrogen-bond acceptors (Lipinski definition) is 6. The second kappa shape index (κ2) is 8.98. The molecule has 5 rings (SSSR count). The van der Waals surface area contributed by atoms with Crippen LogP contribution in [0.2, 0.25) is 0 Å². The lowest BCUT2D eigenvalue weighted by molar-refractivity contribution is 0.482. The highest BCUT2D eigenvalue weighted by atomic mass is 16.5. The van der Waals surface area contributed by atoms with Crippen molar-refractivity contribution < 1.29 is 4.74 Å². The predicted octanol–water partition coefficient (Wildman–Crippen LogP) is 5.86. The van der Waals surface area contributed by atoms with Gasteiger partial charge < -0.3 is 20.7 Å². The normalized spacial score (nSPS) is 13.2. The van der Waals surface area contributed by atoms with Crippen LogP contribution in [-0.2, 0) is 0 Å². The second-order valence-corrected chi connectivity index (χ2v) is 7.83. The zero-order valence-corrected chi connectivity index (χ0v) is 17.7. The Morgan fingerprint density at radius 1 is 0.812 bits per heavy atom. The van der Waals surface area contributed by atoms with Crippen molar-refractivity contribution in [2.75, 3.05) is 29.0 Å². The fourth-order valence-electron chi connectivity index (χ4n) is 3.90. The number of pyridine rings is 2. The van der Waals surface area contributed by atoms with Crippen LogP contribution >= 0.6 is 0 Å². The molecule has 160 valence electrons. The first-order chi connectivity index (χ1) is 15.7. The quantitative estimate of drug-likeness (QED) is 0.404. The van der Waals surface area contributed by atoms with Crippen molar-refractivity contribution in [2.24, 2.45) is 0 Å². The molecule has 0 bridgehead atoms. The Bertz CT molecular complexity index is 1210. The Hall–Kier alpha value is -4.06. The number of nitrogens with two attached hydrogens (primary N) is 1. The van der Waals surface area contributed by atoms with Crippen molar-refractivity contribution in [3.8, 4) is 22.8 Å². The molecule has 0 spiro atoms. The van der Waals surface area contributed by atoms with Gasteiger partial charge in [0.2, 0.25) is 0 Å². The molecule has 4 aromatic rings. The Morgan fingerprint density at radius 3 is 2.47 bits per heavy atom. The molecule has 1 fully saturated rings. The largest absolute Gasteiger partial charge is 0.457 e. The minimum Gasteiger partial charge on any atom is -0.457 e. The van der Waals surface area contributed by atoms with E-state index in [2.05, 4.69) is 20.2 Å². The van der Waals surface area contributed by atoms with E-state index in [0.717, 1.165) is 53.0 Å². The molecule has 3 heterocycles. The third kappa shape index (κ3) is 4.64. The summed E-state index contributed by atoms with van der Waals surface area (Å²) < 4.78 is 6.13. The van der Waals surface area contributed by atoms with Gasteiger partial charge in [-0.2, -0.15) is 0 Å². The Morgan fingerprint density at radius 2 is 1.62 bits per heavy atom. The fraction of sp³-hybridized carbons (Fsp3) is 0.154. The number of rotatable bonds is 6. The molecule has 0 unspecified atom stereocenters. The summed E-state index contributed by atoms with van der Waals surface area (Å²) in [6.07, 6.45) is 4.23. The van der Waals surface area contributed by atoms with E-state index in [0.29, 0.717) is 5.82 Å². The maximum Gasteiger partial charge on any atom is 0.132 e. The summed E-state index contributed by atoms with van der Waals surface area (Å²) in [6.45, 7) is 2.10. The number of benzene rings is 2. The summed E-state index contributed by atoms with van der Waals surface area (Å²) >= 11 is 0. The first kappa shape index (κ1) is 19.9. The smallest absolute Gasteiger partial charge is 0.132 e. The molecule has 6 nitrogen and oxygen atoms in total. The number of nitrogens with zero attached hydrogens (tertiary/aromatic N) is 3. The van der Waals surface area contributed by atoms with Crippen LogP contribution in [0.25, 0.3) is 11.3 Å². The van der Waals surface area contributed by atoms with E-state index in [1.165, 1.54) is 12.8 Å². The maximum absolute atomic E-state index is 6.13. The number of nitrogen functional groups attached to an aromatic ring is 1. The standard InChI is InChI=1S/C26H25N5O/c27-25-17-21(16-24(30-25)19-7-2-1-3-8-19)29-20-9-6-10-22(15-20)32-23-11-12-28-26(18-23)31-13-4-5-14-31/h1-3,6-12,15-18H,4-5,13-14H2,(H3,27,29,30). The monoisotopic (exact) mass is 423 g/mol. The summed E-state index contributed by atoms with van der Waals surface area (Å²) in [6, 6.07) is 25.6. The van der Waals surface area contributed by atoms with Gasteiger partial charge in [-0.1, -0.05) is 36.4 Å². The number of ether oxygens (including phenoxy) is 1. The van der Waals surface area contributed by atoms with Crippen molar-refractivity contribution in [2.45, 2.75) is 12.8 Å². The molecule has 6 heteroatoms. The number of aromatic nitrogens is 2. The summed E-state index contributed by atoms with van der Waals surface area (Å²) in [5.74, 6) is 2.96. The Kier molecular flexibility index (Phi) is 5.58. The van der Waals surface area contributed by atoms with E-state index < -0.39 is 0 Å². The van der Waals surface area contributed by atoms with Gasteiger partial charge in [-0.05, 0) is 37.1 Å². The van der Waals surface area contributed by atoms with Crippen molar-refractivity contribution in [1.29, 1.82) is 0 Å². The summed E-state index contributed by atoms with van der Waals surface area (Å²) in [7, 11) is 0. The third-order valence-corrected chi connectivity index (χ3v) is 5.42. The first-order valence-electron chi connectivity index (χ1n) is 10.8. The fourth-order valence-corrected chi connectivity index (χ4v) is 3.90. The average Bonchev–Trinajstić information content (AvgIpc) is 3.35. The molecule has 0 saturated carbocycles. The molecular formula is C26H25N5O. The van der Waals surface area contributed by atoms with Crippen LogP contribution < -0.4 is 20.7 Å².